The summed E-state index contributed by atoms with van der Waals surface area (Å²) in [6.45, 7) is 0.814. The average molecular weight is 377 g/mol. The fraction of sp³-hybridized carbons (Fsp3) is 0.333. The molecule has 1 aromatic heterocycles. The third kappa shape index (κ3) is 5.68. The van der Waals surface area contributed by atoms with Gasteiger partial charge in [0.15, 0.2) is 11.7 Å². The molecule has 9 heteroatoms. The zero-order chi connectivity index (χ0) is 17.6. The summed E-state index contributed by atoms with van der Waals surface area (Å²) in [5.74, 6) is 0.507. The lowest BCUT2D eigenvalue weighted by molar-refractivity contribution is -0.140. The van der Waals surface area contributed by atoms with E-state index in [-0.39, 0.29) is 6.54 Å². The number of halogens is 4. The summed E-state index contributed by atoms with van der Waals surface area (Å²) < 4.78 is 37.5. The third-order valence-electron chi connectivity index (χ3n) is 3.09. The van der Waals surface area contributed by atoms with Crippen LogP contribution in [-0.2, 0) is 19.1 Å². The molecule has 0 atom stereocenters. The zero-order valence-corrected chi connectivity index (χ0v) is 14.4. The summed E-state index contributed by atoms with van der Waals surface area (Å²) in [4.78, 5) is 7.59. The lowest BCUT2D eigenvalue weighted by Gasteiger charge is -2.11. The highest BCUT2D eigenvalue weighted by molar-refractivity contribution is 7.09. The Hall–Kier alpha value is -1.80. The average Bonchev–Trinajstić information content (AvgIpc) is 3.01. The molecule has 2 aromatic rings. The molecule has 1 heterocycles. The summed E-state index contributed by atoms with van der Waals surface area (Å²) in [5.41, 5.74) is 0.257. The number of nitrogens with zero attached hydrogens (tertiary/aromatic N) is 2. The summed E-state index contributed by atoms with van der Waals surface area (Å²) >= 11 is 6.79. The van der Waals surface area contributed by atoms with Gasteiger partial charge in [-0.2, -0.15) is 13.2 Å². The van der Waals surface area contributed by atoms with Gasteiger partial charge in [-0.05, 0) is 24.1 Å². The summed E-state index contributed by atoms with van der Waals surface area (Å²) in [6.07, 6.45) is -3.64. The van der Waals surface area contributed by atoms with Crippen molar-refractivity contribution in [2.45, 2.75) is 19.1 Å². The van der Waals surface area contributed by atoms with Crippen molar-refractivity contribution >= 4 is 28.9 Å². The Bertz CT molecular complexity index is 683. The molecule has 2 N–H and O–H groups in total. The number of hydrogen-bond acceptors (Lipinski definition) is 3. The van der Waals surface area contributed by atoms with Gasteiger partial charge in [0.2, 0.25) is 0 Å². The van der Waals surface area contributed by atoms with Crippen LogP contribution in [0, 0.1) is 0 Å². The smallest absolute Gasteiger partial charge is 0.356 e. The van der Waals surface area contributed by atoms with Crippen LogP contribution in [0.2, 0.25) is 5.02 Å². The number of guanidine groups is 1. The Balaban J connectivity index is 1.78. The van der Waals surface area contributed by atoms with Gasteiger partial charge in [-0.25, -0.2) is 4.98 Å². The van der Waals surface area contributed by atoms with Crippen LogP contribution < -0.4 is 10.6 Å². The van der Waals surface area contributed by atoms with Crippen LogP contribution >= 0.6 is 22.9 Å². The number of rotatable bonds is 5. The molecule has 0 aliphatic carbocycles. The molecule has 2 rings (SSSR count). The summed E-state index contributed by atoms with van der Waals surface area (Å²) in [7, 11) is 1.60. The van der Waals surface area contributed by atoms with Gasteiger partial charge in [0, 0.05) is 24.0 Å². The van der Waals surface area contributed by atoms with Crippen molar-refractivity contribution in [3.8, 4) is 0 Å². The maximum atomic E-state index is 12.5. The number of benzene rings is 1. The Kier molecular flexibility index (Phi) is 6.44. The predicted octanol–water partition coefficient (Wildman–Crippen LogP) is 3.72. The Morgan fingerprint density at radius 3 is 2.54 bits per heavy atom. The second-order valence-electron chi connectivity index (χ2n) is 4.85. The molecule has 0 bridgehead atoms. The van der Waals surface area contributed by atoms with Crippen molar-refractivity contribution < 1.29 is 13.2 Å². The first-order chi connectivity index (χ1) is 11.4. The maximum absolute atomic E-state index is 12.5. The summed E-state index contributed by atoms with van der Waals surface area (Å²) in [6, 6.07) is 7.53. The largest absolute Gasteiger partial charge is 0.434 e. The van der Waals surface area contributed by atoms with E-state index in [1.165, 1.54) is 0 Å². The van der Waals surface area contributed by atoms with Gasteiger partial charge < -0.3 is 10.6 Å². The topological polar surface area (TPSA) is 49.3 Å². The first-order valence-corrected chi connectivity index (χ1v) is 8.35. The second kappa shape index (κ2) is 8.34. The second-order valence-corrected chi connectivity index (χ2v) is 6.23. The van der Waals surface area contributed by atoms with Crippen molar-refractivity contribution in [3.05, 3.63) is 50.9 Å². The van der Waals surface area contributed by atoms with Crippen LogP contribution in [0.1, 0.15) is 16.3 Å². The van der Waals surface area contributed by atoms with Gasteiger partial charge in [0.05, 0.1) is 6.54 Å². The minimum absolute atomic E-state index is 0.182. The van der Waals surface area contributed by atoms with E-state index in [4.69, 9.17) is 11.6 Å². The quantitative estimate of drug-likeness (QED) is 0.617. The summed E-state index contributed by atoms with van der Waals surface area (Å²) in [5, 5.41) is 8.09. The van der Waals surface area contributed by atoms with Gasteiger partial charge in [-0.1, -0.05) is 23.7 Å². The number of hydrogen-bond donors (Lipinski definition) is 2. The molecule has 0 aliphatic rings. The number of nitrogens with one attached hydrogen (secondary N) is 2. The molecule has 0 amide bonds. The van der Waals surface area contributed by atoms with Crippen molar-refractivity contribution in [2.75, 3.05) is 13.6 Å². The Labute approximate surface area is 146 Å². The highest BCUT2D eigenvalue weighted by Gasteiger charge is 2.33. The van der Waals surface area contributed by atoms with Crippen molar-refractivity contribution in [1.82, 2.24) is 15.6 Å². The normalized spacial score (nSPS) is 12.3. The fourth-order valence-electron chi connectivity index (χ4n) is 1.88. The highest BCUT2D eigenvalue weighted by Crippen LogP contribution is 2.29. The third-order valence-corrected chi connectivity index (χ3v) is 4.19. The van der Waals surface area contributed by atoms with Crippen molar-refractivity contribution in [2.24, 2.45) is 4.99 Å². The van der Waals surface area contributed by atoms with Crippen LogP contribution in [-0.4, -0.2) is 24.5 Å². The van der Waals surface area contributed by atoms with E-state index in [9.17, 15) is 13.2 Å². The number of thiazole rings is 1. The van der Waals surface area contributed by atoms with Gasteiger partial charge in [0.25, 0.3) is 0 Å². The van der Waals surface area contributed by atoms with Gasteiger partial charge in [-0.3, -0.25) is 4.99 Å². The molecule has 130 valence electrons. The van der Waals surface area contributed by atoms with Crippen LogP contribution in [0.4, 0.5) is 13.2 Å². The predicted molar refractivity (Wildman–Crippen MR) is 90.5 cm³/mol. The molecule has 4 nitrogen and oxygen atoms in total. The lowest BCUT2D eigenvalue weighted by Crippen LogP contribution is -2.37. The number of aromatic nitrogens is 1. The first-order valence-electron chi connectivity index (χ1n) is 7.09. The fourth-order valence-corrected chi connectivity index (χ4v) is 2.75. The SMILES string of the molecule is CN=C(NCCc1ccc(Cl)cc1)NCc1nc(C(F)(F)F)cs1. The maximum Gasteiger partial charge on any atom is 0.434 e. The zero-order valence-electron chi connectivity index (χ0n) is 12.8. The standard InChI is InChI=1S/C15H16ClF3N4S/c1-20-14(21-7-6-10-2-4-11(16)5-3-10)22-8-13-23-12(9-24-13)15(17,18)19/h2-5,9H,6-8H2,1H3,(H2,20,21,22). The minimum atomic E-state index is -4.41. The van der Waals surface area contributed by atoms with E-state index in [1.54, 1.807) is 7.05 Å². The monoisotopic (exact) mass is 376 g/mol. The Morgan fingerprint density at radius 1 is 1.25 bits per heavy atom. The molecular formula is C15H16ClF3N4S. The van der Waals surface area contributed by atoms with E-state index in [1.807, 2.05) is 24.3 Å². The molecule has 0 fully saturated rings. The minimum Gasteiger partial charge on any atom is -0.356 e. The van der Waals surface area contributed by atoms with Crippen LogP contribution in [0.15, 0.2) is 34.6 Å². The highest BCUT2D eigenvalue weighted by atomic mass is 35.5. The molecule has 0 unspecified atom stereocenters. The molecule has 24 heavy (non-hydrogen) atoms. The van der Waals surface area contributed by atoms with Crippen LogP contribution in [0.3, 0.4) is 0 Å². The molecule has 1 aromatic carbocycles. The van der Waals surface area contributed by atoms with E-state index < -0.39 is 11.9 Å². The van der Waals surface area contributed by atoms with E-state index in [0.29, 0.717) is 22.5 Å². The van der Waals surface area contributed by atoms with Gasteiger partial charge in [-0.15, -0.1) is 11.3 Å². The molecule has 0 spiro atoms. The van der Waals surface area contributed by atoms with E-state index >= 15 is 0 Å². The molecule has 0 saturated heterocycles. The molecular weight excluding hydrogens is 361 g/mol. The van der Waals surface area contributed by atoms with Crippen LogP contribution in [0.25, 0.3) is 0 Å². The molecule has 0 saturated carbocycles. The van der Waals surface area contributed by atoms with E-state index in [0.717, 1.165) is 28.7 Å². The Morgan fingerprint density at radius 2 is 1.96 bits per heavy atom. The van der Waals surface area contributed by atoms with Crippen molar-refractivity contribution in [1.29, 1.82) is 0 Å². The number of alkyl halides is 3. The van der Waals surface area contributed by atoms with Crippen molar-refractivity contribution in [3.63, 3.8) is 0 Å². The van der Waals surface area contributed by atoms with Crippen LogP contribution in [0.5, 0.6) is 0 Å². The molecule has 0 radical (unpaired) electrons. The molecule has 0 aliphatic heterocycles. The first kappa shape index (κ1) is 18.5. The van der Waals surface area contributed by atoms with E-state index in [2.05, 4.69) is 20.6 Å². The van der Waals surface area contributed by atoms with Gasteiger partial charge >= 0.3 is 6.18 Å². The lowest BCUT2D eigenvalue weighted by atomic mass is 10.1. The number of aliphatic imine (C=N–C) groups is 1. The van der Waals surface area contributed by atoms with Gasteiger partial charge in [0.1, 0.15) is 5.01 Å².